The highest BCUT2D eigenvalue weighted by atomic mass is 35.5. The molecule has 19 heavy (non-hydrogen) atoms. The number of carbonyl (C=O) groups excluding carboxylic acids is 1. The van der Waals surface area contributed by atoms with E-state index in [0.29, 0.717) is 10.6 Å². The number of aldehydes is 1. The molecule has 0 radical (unpaired) electrons. The van der Waals surface area contributed by atoms with Crippen LogP contribution in [0.1, 0.15) is 22.8 Å². The number of anilines is 2. The van der Waals surface area contributed by atoms with Crippen LogP contribution in [0.15, 0.2) is 42.5 Å². The Labute approximate surface area is 118 Å². The lowest BCUT2D eigenvalue weighted by atomic mass is 10.1. The van der Waals surface area contributed by atoms with E-state index in [1.165, 1.54) is 5.56 Å². The van der Waals surface area contributed by atoms with Gasteiger partial charge < -0.3 is 4.90 Å². The van der Waals surface area contributed by atoms with Crippen molar-refractivity contribution in [1.29, 1.82) is 0 Å². The van der Waals surface area contributed by atoms with E-state index in [-0.39, 0.29) is 0 Å². The monoisotopic (exact) mass is 273 g/mol. The summed E-state index contributed by atoms with van der Waals surface area (Å²) in [5.41, 5.74) is 3.61. The second-order valence-electron chi connectivity index (χ2n) is 4.38. The molecule has 0 saturated heterocycles. The third-order valence-corrected chi connectivity index (χ3v) is 3.38. The Morgan fingerprint density at radius 3 is 2.42 bits per heavy atom. The van der Waals surface area contributed by atoms with Crippen LogP contribution in [0.3, 0.4) is 0 Å². The minimum absolute atomic E-state index is 0.590. The van der Waals surface area contributed by atoms with Gasteiger partial charge in [-0.3, -0.25) is 4.79 Å². The summed E-state index contributed by atoms with van der Waals surface area (Å²) in [6, 6.07) is 13.6. The molecule has 2 aromatic carbocycles. The van der Waals surface area contributed by atoms with Crippen LogP contribution >= 0.6 is 11.6 Å². The van der Waals surface area contributed by atoms with Gasteiger partial charge in [-0.1, -0.05) is 35.4 Å². The van der Waals surface area contributed by atoms with Crippen LogP contribution in [0.2, 0.25) is 5.02 Å². The van der Waals surface area contributed by atoms with E-state index in [0.717, 1.165) is 24.2 Å². The fourth-order valence-electron chi connectivity index (χ4n) is 2.11. The van der Waals surface area contributed by atoms with E-state index in [1.54, 1.807) is 18.2 Å². The lowest BCUT2D eigenvalue weighted by Gasteiger charge is -2.25. The van der Waals surface area contributed by atoms with Crippen LogP contribution in [-0.2, 0) is 0 Å². The number of benzene rings is 2. The Kier molecular flexibility index (Phi) is 4.23. The molecule has 0 aliphatic carbocycles. The van der Waals surface area contributed by atoms with E-state index in [4.69, 9.17) is 11.6 Å². The molecule has 0 fully saturated rings. The normalized spacial score (nSPS) is 10.3. The Hall–Kier alpha value is -1.80. The fourth-order valence-corrected chi connectivity index (χ4v) is 2.39. The van der Waals surface area contributed by atoms with Gasteiger partial charge in [0.1, 0.15) is 0 Å². The number of aryl methyl sites for hydroxylation is 1. The molecule has 0 N–H and O–H groups in total. The molecule has 0 bridgehead atoms. The maximum atomic E-state index is 11.2. The van der Waals surface area contributed by atoms with Crippen LogP contribution in [-0.4, -0.2) is 12.8 Å². The third kappa shape index (κ3) is 2.79. The van der Waals surface area contributed by atoms with E-state index in [2.05, 4.69) is 12.1 Å². The maximum absolute atomic E-state index is 11.2. The standard InChI is InChI=1S/C16H16ClNO/c1-3-18(14-9-7-12(2)8-10-14)16-13(11-19)5-4-6-15(16)17/h4-11H,3H2,1-2H3. The average Bonchev–Trinajstić information content (AvgIpc) is 2.43. The molecular weight excluding hydrogens is 258 g/mol. The number of para-hydroxylation sites is 1. The molecule has 0 heterocycles. The quantitative estimate of drug-likeness (QED) is 0.758. The molecular formula is C16H16ClNO. The van der Waals surface area contributed by atoms with Gasteiger partial charge >= 0.3 is 0 Å². The molecule has 2 nitrogen and oxygen atoms in total. The molecule has 0 atom stereocenters. The number of hydrogen-bond acceptors (Lipinski definition) is 2. The lowest BCUT2D eigenvalue weighted by molar-refractivity contribution is 0.112. The maximum Gasteiger partial charge on any atom is 0.152 e. The largest absolute Gasteiger partial charge is 0.340 e. The highest BCUT2D eigenvalue weighted by Gasteiger charge is 2.14. The SMILES string of the molecule is CCN(c1ccc(C)cc1)c1c(Cl)cccc1C=O. The first-order chi connectivity index (χ1) is 9.17. The number of nitrogens with zero attached hydrogens (tertiary/aromatic N) is 1. The van der Waals surface area contributed by atoms with Crippen molar-refractivity contribution in [3.8, 4) is 0 Å². The van der Waals surface area contributed by atoms with Gasteiger partial charge in [-0.25, -0.2) is 0 Å². The molecule has 0 amide bonds. The molecule has 3 heteroatoms. The summed E-state index contributed by atoms with van der Waals surface area (Å²) in [6.07, 6.45) is 0.845. The first kappa shape index (κ1) is 13.6. The second-order valence-corrected chi connectivity index (χ2v) is 4.78. The van der Waals surface area contributed by atoms with Crippen molar-refractivity contribution < 1.29 is 4.79 Å². The third-order valence-electron chi connectivity index (χ3n) is 3.08. The fraction of sp³-hybridized carbons (Fsp3) is 0.188. The first-order valence-corrected chi connectivity index (χ1v) is 6.63. The van der Waals surface area contributed by atoms with E-state index >= 15 is 0 Å². The molecule has 0 aliphatic heterocycles. The molecule has 2 aromatic rings. The summed E-state index contributed by atoms with van der Waals surface area (Å²) in [4.78, 5) is 13.2. The van der Waals surface area contributed by atoms with Gasteiger partial charge in [0, 0.05) is 17.8 Å². The Bertz CT molecular complexity index is 578. The summed E-state index contributed by atoms with van der Waals surface area (Å²) in [5, 5.41) is 0.590. The zero-order valence-corrected chi connectivity index (χ0v) is 11.8. The van der Waals surface area contributed by atoms with E-state index in [9.17, 15) is 4.79 Å². The van der Waals surface area contributed by atoms with Crippen molar-refractivity contribution in [3.05, 3.63) is 58.6 Å². The molecule has 0 spiro atoms. The highest BCUT2D eigenvalue weighted by molar-refractivity contribution is 6.34. The van der Waals surface area contributed by atoms with E-state index in [1.807, 2.05) is 30.9 Å². The molecule has 0 unspecified atom stereocenters. The molecule has 98 valence electrons. The molecule has 2 rings (SSSR count). The number of hydrogen-bond donors (Lipinski definition) is 0. The van der Waals surface area contributed by atoms with Gasteiger partial charge in [0.15, 0.2) is 6.29 Å². The Morgan fingerprint density at radius 1 is 1.16 bits per heavy atom. The van der Waals surface area contributed by atoms with Crippen LogP contribution in [0, 0.1) is 6.92 Å². The van der Waals surface area contributed by atoms with Gasteiger partial charge in [-0.2, -0.15) is 0 Å². The van der Waals surface area contributed by atoms with Gasteiger partial charge in [-0.05, 0) is 38.1 Å². The molecule has 0 aliphatic rings. The molecule has 0 saturated carbocycles. The van der Waals surface area contributed by atoms with Crippen LogP contribution < -0.4 is 4.90 Å². The van der Waals surface area contributed by atoms with Crippen molar-refractivity contribution >= 4 is 29.3 Å². The second kappa shape index (κ2) is 5.89. The van der Waals surface area contributed by atoms with Gasteiger partial charge in [-0.15, -0.1) is 0 Å². The Morgan fingerprint density at radius 2 is 1.84 bits per heavy atom. The van der Waals surface area contributed by atoms with E-state index < -0.39 is 0 Å². The predicted octanol–water partition coefficient (Wildman–Crippen LogP) is 4.62. The van der Waals surface area contributed by atoms with Crippen LogP contribution in [0.4, 0.5) is 11.4 Å². The zero-order chi connectivity index (χ0) is 13.8. The van der Waals surface area contributed by atoms with Crippen molar-refractivity contribution in [1.82, 2.24) is 0 Å². The minimum atomic E-state index is 0.590. The Balaban J connectivity index is 2.53. The highest BCUT2D eigenvalue weighted by Crippen LogP contribution is 2.34. The van der Waals surface area contributed by atoms with Crippen LogP contribution in [0.5, 0.6) is 0 Å². The van der Waals surface area contributed by atoms with Gasteiger partial charge in [0.2, 0.25) is 0 Å². The first-order valence-electron chi connectivity index (χ1n) is 6.25. The van der Waals surface area contributed by atoms with Gasteiger partial charge in [0.25, 0.3) is 0 Å². The summed E-state index contributed by atoms with van der Waals surface area (Å²) in [7, 11) is 0. The summed E-state index contributed by atoms with van der Waals surface area (Å²) in [5.74, 6) is 0. The zero-order valence-electron chi connectivity index (χ0n) is 11.1. The number of halogens is 1. The summed E-state index contributed by atoms with van der Waals surface area (Å²) < 4.78 is 0. The summed E-state index contributed by atoms with van der Waals surface area (Å²) in [6.45, 7) is 4.83. The average molecular weight is 274 g/mol. The molecule has 0 aromatic heterocycles. The minimum Gasteiger partial charge on any atom is -0.340 e. The lowest BCUT2D eigenvalue weighted by Crippen LogP contribution is -2.18. The topological polar surface area (TPSA) is 20.3 Å². The van der Waals surface area contributed by atoms with Crippen molar-refractivity contribution in [3.63, 3.8) is 0 Å². The van der Waals surface area contributed by atoms with Crippen LogP contribution in [0.25, 0.3) is 0 Å². The number of carbonyl (C=O) groups is 1. The predicted molar refractivity (Wildman–Crippen MR) is 80.7 cm³/mol. The van der Waals surface area contributed by atoms with Gasteiger partial charge in [0.05, 0.1) is 10.7 Å². The number of rotatable bonds is 4. The smallest absolute Gasteiger partial charge is 0.152 e. The van der Waals surface area contributed by atoms with Crippen molar-refractivity contribution in [2.75, 3.05) is 11.4 Å². The summed E-state index contributed by atoms with van der Waals surface area (Å²) >= 11 is 6.26. The van der Waals surface area contributed by atoms with Crippen molar-refractivity contribution in [2.45, 2.75) is 13.8 Å². The van der Waals surface area contributed by atoms with Crippen molar-refractivity contribution in [2.24, 2.45) is 0 Å².